The number of nitrogens with zero attached hydrogens (tertiary/aromatic N) is 2. The molecule has 1 heterocycles. The number of rotatable bonds is 6. The fourth-order valence-corrected chi connectivity index (χ4v) is 2.10. The third-order valence-corrected chi connectivity index (χ3v) is 2.42. The highest BCUT2D eigenvalue weighted by Crippen LogP contribution is 2.13. The maximum absolute atomic E-state index is 5.32. The van der Waals surface area contributed by atoms with E-state index in [0.717, 1.165) is 15.0 Å². The van der Waals surface area contributed by atoms with Gasteiger partial charge in [-0.1, -0.05) is 0 Å². The first-order chi connectivity index (χ1) is 7.22. The van der Waals surface area contributed by atoms with Crippen LogP contribution in [0.4, 0.5) is 0 Å². The van der Waals surface area contributed by atoms with Crippen LogP contribution in [0.1, 0.15) is 5.82 Å². The van der Waals surface area contributed by atoms with E-state index in [0.29, 0.717) is 26.2 Å². The molecule has 0 unspecified atom stereocenters. The summed E-state index contributed by atoms with van der Waals surface area (Å²) in [5.41, 5.74) is 0. The third-order valence-electron chi connectivity index (χ3n) is 1.61. The molecule has 0 radical (unpaired) electrons. The van der Waals surface area contributed by atoms with Crippen LogP contribution in [0.15, 0.2) is 15.3 Å². The summed E-state index contributed by atoms with van der Waals surface area (Å²) in [6, 6.07) is 1.80. The van der Waals surface area contributed by atoms with Gasteiger partial charge in [0.05, 0.1) is 19.8 Å². The molecule has 1 aromatic heterocycles. The molecule has 4 nitrogen and oxygen atoms in total. The van der Waals surface area contributed by atoms with E-state index in [4.69, 9.17) is 9.47 Å². The second-order valence-corrected chi connectivity index (χ2v) is 4.41. The molecular weight excluding hydrogens is 328 g/mol. The van der Waals surface area contributed by atoms with Crippen LogP contribution in [-0.2, 0) is 15.9 Å². The molecule has 0 bridgehead atoms. The van der Waals surface area contributed by atoms with Crippen LogP contribution < -0.4 is 0 Å². The molecule has 0 aliphatic rings. The topological polar surface area (TPSA) is 44.2 Å². The first-order valence-electron chi connectivity index (χ1n) is 4.48. The number of hydrogen-bond donors (Lipinski definition) is 0. The Hall–Kier alpha value is -0.0400. The van der Waals surface area contributed by atoms with Gasteiger partial charge in [-0.2, -0.15) is 0 Å². The summed E-state index contributed by atoms with van der Waals surface area (Å²) in [7, 11) is 1.65. The fourth-order valence-electron chi connectivity index (χ4n) is 0.954. The van der Waals surface area contributed by atoms with Gasteiger partial charge in [-0.25, -0.2) is 9.97 Å². The van der Waals surface area contributed by atoms with Crippen molar-refractivity contribution in [1.29, 1.82) is 0 Å². The minimum atomic E-state index is 0.603. The second-order valence-electron chi connectivity index (χ2n) is 2.78. The van der Waals surface area contributed by atoms with E-state index in [1.54, 1.807) is 13.2 Å². The Morgan fingerprint density at radius 3 is 2.40 bits per heavy atom. The molecule has 0 fully saturated rings. The van der Waals surface area contributed by atoms with Gasteiger partial charge < -0.3 is 9.47 Å². The van der Waals surface area contributed by atoms with E-state index < -0.39 is 0 Å². The predicted octanol–water partition coefficient (Wildman–Crippen LogP) is 2.21. The summed E-state index contributed by atoms with van der Waals surface area (Å²) < 4.78 is 11.7. The molecule has 0 N–H and O–H groups in total. The van der Waals surface area contributed by atoms with E-state index in [2.05, 4.69) is 41.8 Å². The maximum Gasteiger partial charge on any atom is 0.133 e. The molecule has 0 aliphatic heterocycles. The lowest BCUT2D eigenvalue weighted by molar-refractivity contribution is 0.0716. The Balaban J connectivity index is 2.31. The highest BCUT2D eigenvalue weighted by Gasteiger charge is 2.01. The monoisotopic (exact) mass is 338 g/mol. The zero-order chi connectivity index (χ0) is 11.1. The van der Waals surface area contributed by atoms with Gasteiger partial charge in [0.1, 0.15) is 15.0 Å². The molecular formula is C9H12Br2N2O2. The van der Waals surface area contributed by atoms with Crippen molar-refractivity contribution in [3.05, 3.63) is 21.1 Å². The van der Waals surface area contributed by atoms with Crippen molar-refractivity contribution in [2.45, 2.75) is 6.42 Å². The average molecular weight is 340 g/mol. The van der Waals surface area contributed by atoms with E-state index in [1.807, 2.05) is 0 Å². The Bertz CT molecular complexity index is 290. The molecule has 6 heteroatoms. The molecule has 1 aromatic rings. The van der Waals surface area contributed by atoms with E-state index in [9.17, 15) is 0 Å². The Morgan fingerprint density at radius 2 is 1.80 bits per heavy atom. The number of hydrogen-bond acceptors (Lipinski definition) is 4. The number of methoxy groups -OCH3 is 1. The molecule has 15 heavy (non-hydrogen) atoms. The van der Waals surface area contributed by atoms with Crippen LogP contribution in [0.25, 0.3) is 0 Å². The van der Waals surface area contributed by atoms with Crippen molar-refractivity contribution < 1.29 is 9.47 Å². The van der Waals surface area contributed by atoms with Crippen molar-refractivity contribution >= 4 is 31.9 Å². The van der Waals surface area contributed by atoms with Gasteiger partial charge in [-0.05, 0) is 31.9 Å². The summed E-state index contributed by atoms with van der Waals surface area (Å²) in [6.45, 7) is 1.82. The summed E-state index contributed by atoms with van der Waals surface area (Å²) in [6.07, 6.45) is 0.696. The van der Waals surface area contributed by atoms with Gasteiger partial charge in [0.25, 0.3) is 0 Å². The van der Waals surface area contributed by atoms with Crippen molar-refractivity contribution in [2.75, 3.05) is 26.9 Å². The third kappa shape index (κ3) is 5.55. The molecule has 0 atom stereocenters. The second kappa shape index (κ2) is 7.27. The number of halogens is 2. The highest BCUT2D eigenvalue weighted by molar-refractivity contribution is 9.11. The van der Waals surface area contributed by atoms with Crippen molar-refractivity contribution in [3.8, 4) is 0 Å². The lowest BCUT2D eigenvalue weighted by atomic mass is 10.4. The summed E-state index contributed by atoms with van der Waals surface area (Å²) in [5.74, 6) is 0.758. The normalized spacial score (nSPS) is 10.6. The Kier molecular flexibility index (Phi) is 6.31. The lowest BCUT2D eigenvalue weighted by Gasteiger charge is -2.03. The maximum atomic E-state index is 5.32. The van der Waals surface area contributed by atoms with Crippen LogP contribution >= 0.6 is 31.9 Å². The minimum absolute atomic E-state index is 0.603. The largest absolute Gasteiger partial charge is 0.382 e. The van der Waals surface area contributed by atoms with Crippen LogP contribution in [-0.4, -0.2) is 36.9 Å². The van der Waals surface area contributed by atoms with Gasteiger partial charge in [-0.15, -0.1) is 0 Å². The molecule has 0 saturated carbocycles. The van der Waals surface area contributed by atoms with Gasteiger partial charge >= 0.3 is 0 Å². The first kappa shape index (κ1) is 13.0. The lowest BCUT2D eigenvalue weighted by Crippen LogP contribution is -2.07. The van der Waals surface area contributed by atoms with Crippen LogP contribution in [0, 0.1) is 0 Å². The summed E-state index contributed by atoms with van der Waals surface area (Å²) >= 11 is 6.61. The summed E-state index contributed by atoms with van der Waals surface area (Å²) in [5, 5.41) is 0. The van der Waals surface area contributed by atoms with E-state index >= 15 is 0 Å². The first-order valence-corrected chi connectivity index (χ1v) is 6.06. The van der Waals surface area contributed by atoms with E-state index in [-0.39, 0.29) is 0 Å². The zero-order valence-electron chi connectivity index (χ0n) is 8.37. The summed E-state index contributed by atoms with van der Waals surface area (Å²) in [4.78, 5) is 8.43. The number of aromatic nitrogens is 2. The quantitative estimate of drug-likeness (QED) is 0.588. The van der Waals surface area contributed by atoms with Crippen molar-refractivity contribution in [2.24, 2.45) is 0 Å². The fraction of sp³-hybridized carbons (Fsp3) is 0.556. The average Bonchev–Trinajstić information content (AvgIpc) is 2.16. The van der Waals surface area contributed by atoms with Gasteiger partial charge in [-0.3, -0.25) is 0 Å². The number of ether oxygens (including phenoxy) is 2. The predicted molar refractivity (Wildman–Crippen MR) is 63.8 cm³/mol. The minimum Gasteiger partial charge on any atom is -0.382 e. The van der Waals surface area contributed by atoms with Crippen molar-refractivity contribution in [1.82, 2.24) is 9.97 Å². The van der Waals surface area contributed by atoms with Gasteiger partial charge in [0.2, 0.25) is 0 Å². The van der Waals surface area contributed by atoms with Crippen molar-refractivity contribution in [3.63, 3.8) is 0 Å². The Labute approximate surface area is 106 Å². The molecule has 1 rings (SSSR count). The van der Waals surface area contributed by atoms with Gasteiger partial charge in [0.15, 0.2) is 0 Å². The highest BCUT2D eigenvalue weighted by atomic mass is 79.9. The molecule has 0 spiro atoms. The smallest absolute Gasteiger partial charge is 0.133 e. The molecule has 0 saturated heterocycles. The standard InChI is InChI=1S/C9H12Br2N2O2/c1-14-4-5-15-3-2-9-12-7(10)6-8(11)13-9/h6H,2-5H2,1H3. The molecule has 0 amide bonds. The molecule has 0 aromatic carbocycles. The molecule has 84 valence electrons. The molecule has 0 aliphatic carbocycles. The zero-order valence-corrected chi connectivity index (χ0v) is 11.5. The van der Waals surface area contributed by atoms with E-state index in [1.165, 1.54) is 0 Å². The van der Waals surface area contributed by atoms with Gasteiger partial charge in [0, 0.05) is 19.6 Å². The van der Waals surface area contributed by atoms with Crippen LogP contribution in [0.5, 0.6) is 0 Å². The SMILES string of the molecule is COCCOCCc1nc(Br)cc(Br)n1. The Morgan fingerprint density at radius 1 is 1.13 bits per heavy atom. The van der Waals surface area contributed by atoms with Crippen LogP contribution in [0.2, 0.25) is 0 Å². The van der Waals surface area contributed by atoms with Crippen LogP contribution in [0.3, 0.4) is 0 Å².